The molecule has 10 heteroatoms. The van der Waals surface area contributed by atoms with Crippen molar-refractivity contribution < 1.29 is 19.2 Å². The second-order valence-corrected chi connectivity index (χ2v) is 6.82. The van der Waals surface area contributed by atoms with Crippen molar-refractivity contribution in [2.45, 2.75) is 0 Å². The van der Waals surface area contributed by atoms with Crippen LogP contribution in [0.2, 0.25) is 0 Å². The van der Waals surface area contributed by atoms with E-state index in [1.807, 2.05) is 0 Å². The van der Waals surface area contributed by atoms with Crippen LogP contribution in [0.4, 0.5) is 5.88 Å². The van der Waals surface area contributed by atoms with Crippen LogP contribution in [-0.2, 0) is 4.79 Å². The van der Waals surface area contributed by atoms with Crippen LogP contribution < -0.4 is 0 Å². The average molecular weight is 401 g/mol. The molecule has 1 fully saturated rings. The molecule has 0 atom stereocenters. The quantitative estimate of drug-likeness (QED) is 0.267. The maximum absolute atomic E-state index is 12.4. The molecule has 0 saturated carbocycles. The largest absolute Gasteiger partial charge is 0.508 e. The van der Waals surface area contributed by atoms with E-state index < -0.39 is 4.92 Å². The van der Waals surface area contributed by atoms with E-state index in [9.17, 15) is 20.0 Å². The SMILES string of the molecule is O=C1/C(=C\c2ccc(O)cc2)SC(=S)N1/N=C/C=C/c1ccc([N+](=O)[O-])o1. The molecule has 1 aliphatic heterocycles. The molecule has 3 rings (SSSR count). The molecular weight excluding hydrogens is 390 g/mol. The number of nitrogens with zero attached hydrogens (tertiary/aromatic N) is 3. The summed E-state index contributed by atoms with van der Waals surface area (Å²) >= 11 is 6.28. The zero-order valence-corrected chi connectivity index (χ0v) is 15.1. The predicted molar refractivity (Wildman–Crippen MR) is 106 cm³/mol. The van der Waals surface area contributed by atoms with Gasteiger partial charge in [-0.3, -0.25) is 14.9 Å². The zero-order chi connectivity index (χ0) is 19.4. The lowest BCUT2D eigenvalue weighted by Crippen LogP contribution is -2.21. The van der Waals surface area contributed by atoms with E-state index >= 15 is 0 Å². The summed E-state index contributed by atoms with van der Waals surface area (Å²) in [6.07, 6.45) is 5.94. The van der Waals surface area contributed by atoms with Crippen LogP contribution in [0, 0.1) is 10.1 Å². The van der Waals surface area contributed by atoms with Crippen molar-refractivity contribution >= 4 is 58.5 Å². The first-order valence-electron chi connectivity index (χ1n) is 7.46. The van der Waals surface area contributed by atoms with Crippen LogP contribution >= 0.6 is 24.0 Å². The number of benzene rings is 1. The Labute approximate surface area is 162 Å². The van der Waals surface area contributed by atoms with E-state index in [1.54, 1.807) is 18.2 Å². The van der Waals surface area contributed by atoms with Gasteiger partial charge in [0.1, 0.15) is 16.4 Å². The van der Waals surface area contributed by atoms with Crippen LogP contribution in [-0.4, -0.2) is 31.5 Å². The van der Waals surface area contributed by atoms with Gasteiger partial charge < -0.3 is 9.52 Å². The molecule has 2 aromatic rings. The van der Waals surface area contributed by atoms with Crippen molar-refractivity contribution in [3.63, 3.8) is 0 Å². The number of phenols is 1. The second kappa shape index (κ2) is 7.98. The Hall–Kier alpha value is -3.24. The summed E-state index contributed by atoms with van der Waals surface area (Å²) in [5.74, 6) is -0.303. The fourth-order valence-electron chi connectivity index (χ4n) is 2.05. The van der Waals surface area contributed by atoms with Crippen molar-refractivity contribution in [1.29, 1.82) is 0 Å². The standard InChI is InChI=1S/C17H11N3O5S2/c21-12-5-3-11(4-6-12)10-14-16(22)19(17(26)27-14)18-9-1-2-13-7-8-15(25-13)20(23)24/h1-10,21H/b2-1+,14-10+,18-9+. The van der Waals surface area contributed by atoms with E-state index in [-0.39, 0.29) is 27.6 Å². The number of furan rings is 1. The molecule has 1 aliphatic rings. The van der Waals surface area contributed by atoms with Gasteiger partial charge in [-0.05, 0) is 54.2 Å². The first kappa shape index (κ1) is 18.5. The third-order valence-corrected chi connectivity index (χ3v) is 4.57. The molecule has 1 N–H and O–H groups in total. The topological polar surface area (TPSA) is 109 Å². The van der Waals surface area contributed by atoms with E-state index in [2.05, 4.69) is 5.10 Å². The van der Waals surface area contributed by atoms with Crippen LogP contribution in [0.15, 0.2) is 56.9 Å². The summed E-state index contributed by atoms with van der Waals surface area (Å²) in [4.78, 5) is 22.7. The minimum atomic E-state index is -0.633. The Bertz CT molecular complexity index is 992. The van der Waals surface area contributed by atoms with Gasteiger partial charge in [-0.15, -0.1) is 0 Å². The van der Waals surface area contributed by atoms with Gasteiger partial charge in [0.2, 0.25) is 0 Å². The first-order chi connectivity index (χ1) is 12.9. The monoisotopic (exact) mass is 401 g/mol. The maximum Gasteiger partial charge on any atom is 0.433 e. The van der Waals surface area contributed by atoms with Crippen LogP contribution in [0.3, 0.4) is 0 Å². The molecule has 27 heavy (non-hydrogen) atoms. The molecule has 1 amide bonds. The number of aromatic hydroxyl groups is 1. The van der Waals surface area contributed by atoms with E-state index in [4.69, 9.17) is 16.6 Å². The Kier molecular flexibility index (Phi) is 5.48. The number of hydrazone groups is 1. The van der Waals surface area contributed by atoms with Gasteiger partial charge in [-0.2, -0.15) is 10.1 Å². The number of carbonyl (C=O) groups is 1. The minimum absolute atomic E-state index is 0.137. The highest BCUT2D eigenvalue weighted by Gasteiger charge is 2.31. The molecule has 136 valence electrons. The van der Waals surface area contributed by atoms with E-state index in [0.29, 0.717) is 4.91 Å². The lowest BCUT2D eigenvalue weighted by molar-refractivity contribution is -0.402. The molecule has 0 radical (unpaired) electrons. The van der Waals surface area contributed by atoms with Crippen molar-refractivity contribution in [2.24, 2.45) is 5.10 Å². The Morgan fingerprint density at radius 1 is 1.26 bits per heavy atom. The molecule has 0 bridgehead atoms. The number of amides is 1. The average Bonchev–Trinajstić information content (AvgIpc) is 3.20. The summed E-state index contributed by atoms with van der Waals surface area (Å²) in [7, 11) is 0. The van der Waals surface area contributed by atoms with Crippen LogP contribution in [0.1, 0.15) is 11.3 Å². The van der Waals surface area contributed by atoms with Gasteiger partial charge >= 0.3 is 5.88 Å². The number of carbonyl (C=O) groups excluding carboxylic acids is 1. The fraction of sp³-hybridized carbons (Fsp3) is 0. The third-order valence-electron chi connectivity index (χ3n) is 3.29. The summed E-state index contributed by atoms with van der Waals surface area (Å²) in [6, 6.07) is 9.09. The number of hydrogen-bond donors (Lipinski definition) is 1. The fourth-order valence-corrected chi connectivity index (χ4v) is 3.23. The number of nitro groups is 1. The predicted octanol–water partition coefficient (Wildman–Crippen LogP) is 3.79. The Balaban J connectivity index is 1.67. The van der Waals surface area contributed by atoms with Crippen molar-refractivity contribution in [2.75, 3.05) is 0 Å². The molecular formula is C17H11N3O5S2. The van der Waals surface area contributed by atoms with Gasteiger partial charge in [0.05, 0.1) is 11.0 Å². The Morgan fingerprint density at radius 2 is 2.00 bits per heavy atom. The highest BCUT2D eigenvalue weighted by Crippen LogP contribution is 2.32. The van der Waals surface area contributed by atoms with Gasteiger partial charge in [0.15, 0.2) is 4.32 Å². The molecule has 2 heterocycles. The normalized spacial score (nSPS) is 16.3. The molecule has 0 aliphatic carbocycles. The second-order valence-electron chi connectivity index (χ2n) is 5.14. The third kappa shape index (κ3) is 4.49. The highest BCUT2D eigenvalue weighted by molar-refractivity contribution is 8.26. The van der Waals surface area contributed by atoms with Gasteiger partial charge in [0.25, 0.3) is 5.91 Å². The van der Waals surface area contributed by atoms with E-state index in [1.165, 1.54) is 42.6 Å². The Morgan fingerprint density at radius 3 is 2.67 bits per heavy atom. The number of allylic oxidation sites excluding steroid dienone is 1. The number of thiocarbonyl (C=S) groups is 1. The number of rotatable bonds is 5. The smallest absolute Gasteiger partial charge is 0.433 e. The number of phenolic OH excluding ortho intramolecular Hbond substituents is 1. The number of thioether (sulfide) groups is 1. The summed E-state index contributed by atoms with van der Waals surface area (Å²) < 4.78 is 5.25. The molecule has 1 aromatic heterocycles. The minimum Gasteiger partial charge on any atom is -0.508 e. The van der Waals surface area contributed by atoms with Crippen LogP contribution in [0.25, 0.3) is 12.2 Å². The lowest BCUT2D eigenvalue weighted by atomic mass is 10.2. The molecule has 0 unspecified atom stereocenters. The van der Waals surface area contributed by atoms with Gasteiger partial charge in [-0.25, -0.2) is 0 Å². The van der Waals surface area contributed by atoms with Crippen molar-refractivity contribution in [3.05, 3.63) is 68.8 Å². The molecule has 1 saturated heterocycles. The first-order valence-corrected chi connectivity index (χ1v) is 8.68. The summed E-state index contributed by atoms with van der Waals surface area (Å²) in [6.45, 7) is 0. The molecule has 8 nitrogen and oxygen atoms in total. The van der Waals surface area contributed by atoms with Gasteiger partial charge in [0, 0.05) is 6.21 Å². The van der Waals surface area contributed by atoms with Gasteiger partial charge in [-0.1, -0.05) is 23.9 Å². The van der Waals surface area contributed by atoms with Crippen molar-refractivity contribution in [3.8, 4) is 5.75 Å². The highest BCUT2D eigenvalue weighted by atomic mass is 32.2. The van der Waals surface area contributed by atoms with E-state index in [0.717, 1.165) is 22.3 Å². The van der Waals surface area contributed by atoms with Crippen LogP contribution in [0.5, 0.6) is 5.75 Å². The zero-order valence-electron chi connectivity index (χ0n) is 13.5. The maximum atomic E-state index is 12.4. The molecule has 0 spiro atoms. The summed E-state index contributed by atoms with van der Waals surface area (Å²) in [5.41, 5.74) is 0.747. The van der Waals surface area contributed by atoms with Crippen molar-refractivity contribution in [1.82, 2.24) is 5.01 Å². The summed E-state index contributed by atoms with van der Waals surface area (Å²) in [5, 5.41) is 24.9. The lowest BCUT2D eigenvalue weighted by Gasteiger charge is -2.04. The number of hydrogen-bond acceptors (Lipinski definition) is 8. The molecule has 1 aromatic carbocycles.